The number of hydrogen-bond donors (Lipinski definition) is 4. The lowest BCUT2D eigenvalue weighted by Crippen LogP contribution is -2.52. The van der Waals surface area contributed by atoms with E-state index in [2.05, 4.69) is 59.4 Å². The summed E-state index contributed by atoms with van der Waals surface area (Å²) in [4.78, 5) is 18.5. The highest BCUT2D eigenvalue weighted by Crippen LogP contribution is 2.49. The van der Waals surface area contributed by atoms with E-state index in [4.69, 9.17) is 25.8 Å². The number of carbonyl (C=O) groups is 1. The second kappa shape index (κ2) is 18.4. The molecule has 4 N–H and O–H groups in total. The van der Waals surface area contributed by atoms with Crippen molar-refractivity contribution in [3.63, 3.8) is 0 Å². The van der Waals surface area contributed by atoms with Crippen LogP contribution in [-0.2, 0) is 22.7 Å². The molecular formula is C42H51ClN4O7. The lowest BCUT2D eigenvalue weighted by atomic mass is 9.65. The van der Waals surface area contributed by atoms with Crippen LogP contribution in [-0.4, -0.2) is 88.4 Å². The molecule has 0 radical (unpaired) electrons. The number of aliphatic hydroxyl groups is 2. The maximum Gasteiger partial charge on any atom is 0.326 e. The molecule has 1 saturated heterocycles. The van der Waals surface area contributed by atoms with Gasteiger partial charge in [0.25, 0.3) is 0 Å². The lowest BCUT2D eigenvalue weighted by molar-refractivity contribution is -0.145. The summed E-state index contributed by atoms with van der Waals surface area (Å²) < 4.78 is 19.8. The van der Waals surface area contributed by atoms with Crippen LogP contribution in [0.5, 0.6) is 11.5 Å². The van der Waals surface area contributed by atoms with Gasteiger partial charge in [0, 0.05) is 61.3 Å². The zero-order chi connectivity index (χ0) is 38.8. The SMILES string of the molecule is CC(CO)(NCc1cc(Cl)c(OCC2(OCCCN3CCC(CO)CC3)C=CC=C(c3ccccc3)C2(C)C)cc1OCc1cncc(C#N)c1)C(=O)O. The number of nitrogens with zero attached hydrogens (tertiary/aromatic N) is 3. The normalized spacial score (nSPS) is 19.8. The molecule has 0 bridgehead atoms. The average molecular weight is 759 g/mol. The van der Waals surface area contributed by atoms with Crippen LogP contribution < -0.4 is 14.8 Å². The molecule has 5 rings (SSSR count). The molecule has 2 heterocycles. The van der Waals surface area contributed by atoms with Crippen LogP contribution in [0.15, 0.2) is 79.2 Å². The van der Waals surface area contributed by atoms with E-state index in [1.807, 2.05) is 24.3 Å². The van der Waals surface area contributed by atoms with Gasteiger partial charge in [-0.15, -0.1) is 0 Å². The zero-order valence-electron chi connectivity index (χ0n) is 31.3. The van der Waals surface area contributed by atoms with Crippen molar-refractivity contribution in [2.24, 2.45) is 11.3 Å². The number of nitriles is 1. The summed E-state index contributed by atoms with van der Waals surface area (Å²) in [5.74, 6) is -0.105. The molecule has 1 aliphatic carbocycles. The van der Waals surface area contributed by atoms with Gasteiger partial charge in [0.15, 0.2) is 0 Å². The van der Waals surface area contributed by atoms with Gasteiger partial charge in [-0.2, -0.15) is 5.26 Å². The molecule has 12 heteroatoms. The first kappa shape index (κ1) is 40.9. The number of aromatic nitrogens is 1. The highest BCUT2D eigenvalue weighted by atomic mass is 35.5. The second-order valence-corrected chi connectivity index (χ2v) is 15.2. The molecule has 3 aromatic rings. The Morgan fingerprint density at radius 1 is 1.11 bits per heavy atom. The molecule has 2 atom stereocenters. The highest BCUT2D eigenvalue weighted by molar-refractivity contribution is 6.32. The summed E-state index contributed by atoms with van der Waals surface area (Å²) in [6, 6.07) is 17.3. The van der Waals surface area contributed by atoms with Crippen molar-refractivity contribution in [3.05, 3.63) is 106 Å². The number of benzene rings is 2. The number of halogens is 1. The molecule has 2 aromatic carbocycles. The first-order chi connectivity index (χ1) is 25.9. The van der Waals surface area contributed by atoms with Crippen LogP contribution in [0.3, 0.4) is 0 Å². The van der Waals surface area contributed by atoms with Crippen LogP contribution in [0, 0.1) is 22.7 Å². The Kier molecular flexibility index (Phi) is 13.9. The fraction of sp³-hybridized carbons (Fsp3) is 0.452. The quantitative estimate of drug-likeness (QED) is 0.113. The largest absolute Gasteiger partial charge is 0.488 e. The van der Waals surface area contributed by atoms with Crippen molar-refractivity contribution in [1.82, 2.24) is 15.2 Å². The van der Waals surface area contributed by atoms with Crippen molar-refractivity contribution >= 4 is 23.1 Å². The number of aliphatic carboxylic acids is 1. The molecule has 11 nitrogen and oxygen atoms in total. The molecule has 1 aromatic heterocycles. The van der Waals surface area contributed by atoms with Crippen molar-refractivity contribution in [3.8, 4) is 17.6 Å². The van der Waals surface area contributed by atoms with E-state index in [1.54, 1.807) is 24.4 Å². The molecule has 288 valence electrons. The number of rotatable bonds is 18. The number of likely N-dealkylation sites (tertiary alicyclic amines) is 1. The summed E-state index contributed by atoms with van der Waals surface area (Å²) >= 11 is 6.89. The van der Waals surface area contributed by atoms with Crippen LogP contribution >= 0.6 is 11.6 Å². The second-order valence-electron chi connectivity index (χ2n) is 14.8. The van der Waals surface area contributed by atoms with E-state index in [-0.39, 0.29) is 31.4 Å². The number of pyridine rings is 1. The zero-order valence-corrected chi connectivity index (χ0v) is 32.0. The number of nitrogens with one attached hydrogen (secondary N) is 1. The maximum absolute atomic E-state index is 11.9. The summed E-state index contributed by atoms with van der Waals surface area (Å²) in [7, 11) is 0. The molecule has 54 heavy (non-hydrogen) atoms. The number of carboxylic acids is 1. The molecule has 0 amide bonds. The minimum absolute atomic E-state index is 0.0148. The smallest absolute Gasteiger partial charge is 0.326 e. The fourth-order valence-corrected chi connectivity index (χ4v) is 7.12. The standard InChI is InChI=1S/C42H51ClN4O7/c1-40(2)35(33-9-5-4-6-10-33)11-7-14-42(40,54-18-8-15-47-16-12-30(26-48)13-17-47)29-53-38-21-37(52-27-32-19-31(22-44)23-45-24-32)34(20-36(38)43)25-46-41(3,28-49)39(50)51/h4-7,9-11,14,19-21,23-24,30,46,48-49H,8,12-13,15-18,25-29H2,1-3H3,(H,50,51). The number of hydrogen-bond acceptors (Lipinski definition) is 10. The van der Waals surface area contributed by atoms with Gasteiger partial charge in [0.05, 0.1) is 17.2 Å². The van der Waals surface area contributed by atoms with Crippen molar-refractivity contribution in [2.45, 2.75) is 64.3 Å². The Morgan fingerprint density at radius 3 is 2.56 bits per heavy atom. The Labute approximate surface area is 322 Å². The Bertz CT molecular complexity index is 1840. The Hall–Kier alpha value is -4.28. The third kappa shape index (κ3) is 9.68. The van der Waals surface area contributed by atoms with E-state index >= 15 is 0 Å². The molecule has 2 aliphatic rings. The van der Waals surface area contributed by atoms with Gasteiger partial charge >= 0.3 is 5.97 Å². The predicted molar refractivity (Wildman–Crippen MR) is 207 cm³/mol. The van der Waals surface area contributed by atoms with E-state index in [1.165, 1.54) is 13.1 Å². The molecule has 2 unspecified atom stereocenters. The van der Waals surface area contributed by atoms with Gasteiger partial charge in [0.2, 0.25) is 0 Å². The first-order valence-corrected chi connectivity index (χ1v) is 18.8. The Morgan fingerprint density at radius 2 is 1.87 bits per heavy atom. The maximum atomic E-state index is 11.9. The third-order valence-corrected chi connectivity index (χ3v) is 11.0. The molecule has 0 spiro atoms. The van der Waals surface area contributed by atoms with E-state index < -0.39 is 29.1 Å². The molecular weight excluding hydrogens is 708 g/mol. The van der Waals surface area contributed by atoms with Gasteiger partial charge in [-0.1, -0.05) is 67.9 Å². The summed E-state index contributed by atoms with van der Waals surface area (Å²) in [5.41, 5.74) is 0.750. The van der Waals surface area contributed by atoms with Gasteiger partial charge in [0.1, 0.15) is 41.9 Å². The molecule has 1 fully saturated rings. The number of aliphatic hydroxyl groups excluding tert-OH is 2. The summed E-state index contributed by atoms with van der Waals surface area (Å²) in [5, 5.41) is 41.7. The minimum atomic E-state index is -1.60. The average Bonchev–Trinajstić information content (AvgIpc) is 3.18. The fourth-order valence-electron chi connectivity index (χ4n) is 6.88. The monoisotopic (exact) mass is 758 g/mol. The minimum Gasteiger partial charge on any atom is -0.488 e. The Balaban J connectivity index is 1.41. The van der Waals surface area contributed by atoms with Crippen LogP contribution in [0.2, 0.25) is 5.02 Å². The first-order valence-electron chi connectivity index (χ1n) is 18.4. The summed E-state index contributed by atoms with van der Waals surface area (Å²) in [6.07, 6.45) is 12.1. The lowest BCUT2D eigenvalue weighted by Gasteiger charge is -2.47. The van der Waals surface area contributed by atoms with Crippen molar-refractivity contribution in [2.75, 3.05) is 46.1 Å². The number of piperidine rings is 1. The molecule has 0 saturated carbocycles. The van der Waals surface area contributed by atoms with Crippen LogP contribution in [0.25, 0.3) is 5.57 Å². The van der Waals surface area contributed by atoms with Crippen LogP contribution in [0.1, 0.15) is 62.3 Å². The predicted octanol–water partition coefficient (Wildman–Crippen LogP) is 6.02. The number of carboxylic acid groups (broad SMARTS) is 1. The van der Waals surface area contributed by atoms with E-state index in [9.17, 15) is 25.4 Å². The number of allylic oxidation sites excluding steroid dienone is 2. The highest BCUT2D eigenvalue weighted by Gasteiger charge is 2.49. The topological polar surface area (TPSA) is 157 Å². The molecule has 1 aliphatic heterocycles. The van der Waals surface area contributed by atoms with Gasteiger partial charge in [-0.3, -0.25) is 15.1 Å². The van der Waals surface area contributed by atoms with Crippen molar-refractivity contribution < 1.29 is 34.3 Å². The third-order valence-electron chi connectivity index (χ3n) is 10.7. The van der Waals surface area contributed by atoms with Gasteiger partial charge in [-0.05, 0) is 74.5 Å². The van der Waals surface area contributed by atoms with Gasteiger partial charge < -0.3 is 34.4 Å². The van der Waals surface area contributed by atoms with Crippen molar-refractivity contribution in [1.29, 1.82) is 5.26 Å². The number of ether oxygens (including phenoxy) is 3. The van der Waals surface area contributed by atoms with Crippen LogP contribution in [0.4, 0.5) is 0 Å². The van der Waals surface area contributed by atoms with Gasteiger partial charge in [-0.25, -0.2) is 0 Å². The summed E-state index contributed by atoms with van der Waals surface area (Å²) in [6.45, 7) is 8.86. The van der Waals surface area contributed by atoms with E-state index in [0.717, 1.165) is 50.0 Å². The van der Waals surface area contributed by atoms with E-state index in [0.29, 0.717) is 40.7 Å².